The molecule has 0 saturated carbocycles. The summed E-state index contributed by atoms with van der Waals surface area (Å²) >= 11 is 0. The molecule has 5 heteroatoms. The Balaban J connectivity index is 2.49. The van der Waals surface area contributed by atoms with Gasteiger partial charge in [0.15, 0.2) is 5.82 Å². The van der Waals surface area contributed by atoms with Gasteiger partial charge in [-0.1, -0.05) is 30.3 Å². The van der Waals surface area contributed by atoms with Crippen LogP contribution >= 0.6 is 0 Å². The molecule has 0 aliphatic carbocycles. The summed E-state index contributed by atoms with van der Waals surface area (Å²) < 4.78 is 0. The fourth-order valence-electron chi connectivity index (χ4n) is 1.22. The number of rotatable bonds is 2. The Labute approximate surface area is 87.4 Å². The van der Waals surface area contributed by atoms with E-state index < -0.39 is 0 Å². The van der Waals surface area contributed by atoms with Crippen LogP contribution in [0.2, 0.25) is 0 Å². The number of nitrogens with two attached hydrogens (primary N) is 1. The number of nitrogen functional groups attached to an aromatic ring is 1. The first-order chi connectivity index (χ1) is 7.29. The highest BCUT2D eigenvalue weighted by Crippen LogP contribution is 2.15. The fraction of sp³-hybridized carbons (Fsp3) is 0.100. The summed E-state index contributed by atoms with van der Waals surface area (Å²) in [6.45, 7) is 0. The average molecular weight is 201 g/mol. The number of hydrogen-bond acceptors (Lipinski definition) is 5. The minimum absolute atomic E-state index is 0.216. The monoisotopic (exact) mass is 201 g/mol. The van der Waals surface area contributed by atoms with Crippen LogP contribution in [0.4, 0.5) is 11.9 Å². The van der Waals surface area contributed by atoms with Crippen LogP contribution in [0.5, 0.6) is 0 Å². The summed E-state index contributed by atoms with van der Waals surface area (Å²) in [4.78, 5) is 12.2. The van der Waals surface area contributed by atoms with Gasteiger partial charge in [0.25, 0.3) is 0 Å². The van der Waals surface area contributed by atoms with Crippen LogP contribution in [-0.2, 0) is 0 Å². The number of benzene rings is 1. The van der Waals surface area contributed by atoms with E-state index in [9.17, 15) is 0 Å². The third-order valence-corrected chi connectivity index (χ3v) is 1.91. The molecule has 3 N–H and O–H groups in total. The van der Waals surface area contributed by atoms with E-state index in [4.69, 9.17) is 5.73 Å². The third-order valence-electron chi connectivity index (χ3n) is 1.91. The van der Waals surface area contributed by atoms with Crippen LogP contribution in [0, 0.1) is 0 Å². The molecule has 0 unspecified atom stereocenters. The van der Waals surface area contributed by atoms with E-state index in [2.05, 4.69) is 20.3 Å². The van der Waals surface area contributed by atoms with Crippen molar-refractivity contribution in [1.29, 1.82) is 0 Å². The molecule has 0 aliphatic heterocycles. The number of nitrogens with one attached hydrogen (secondary N) is 1. The van der Waals surface area contributed by atoms with Gasteiger partial charge in [0.1, 0.15) is 0 Å². The van der Waals surface area contributed by atoms with Crippen LogP contribution in [0.25, 0.3) is 11.4 Å². The van der Waals surface area contributed by atoms with E-state index >= 15 is 0 Å². The van der Waals surface area contributed by atoms with Crippen LogP contribution in [-0.4, -0.2) is 22.0 Å². The Morgan fingerprint density at radius 1 is 1.07 bits per heavy atom. The molecule has 0 spiro atoms. The minimum Gasteiger partial charge on any atom is -0.368 e. The highest BCUT2D eigenvalue weighted by Gasteiger charge is 2.04. The van der Waals surface area contributed by atoms with Gasteiger partial charge in [-0.15, -0.1) is 0 Å². The molecule has 0 atom stereocenters. The van der Waals surface area contributed by atoms with Gasteiger partial charge < -0.3 is 11.1 Å². The third kappa shape index (κ3) is 2.01. The second kappa shape index (κ2) is 3.91. The van der Waals surface area contributed by atoms with Crippen molar-refractivity contribution < 1.29 is 0 Å². The van der Waals surface area contributed by atoms with Gasteiger partial charge >= 0.3 is 0 Å². The number of nitrogens with zero attached hydrogens (tertiary/aromatic N) is 3. The van der Waals surface area contributed by atoms with E-state index in [1.54, 1.807) is 7.05 Å². The van der Waals surface area contributed by atoms with E-state index in [0.717, 1.165) is 5.56 Å². The van der Waals surface area contributed by atoms with Gasteiger partial charge in [0, 0.05) is 12.6 Å². The molecule has 15 heavy (non-hydrogen) atoms. The molecule has 0 fully saturated rings. The molecule has 1 aromatic heterocycles. The smallest absolute Gasteiger partial charge is 0.227 e. The van der Waals surface area contributed by atoms with Crippen LogP contribution in [0.1, 0.15) is 0 Å². The highest BCUT2D eigenvalue weighted by molar-refractivity contribution is 5.57. The predicted octanol–water partition coefficient (Wildman–Crippen LogP) is 1.16. The Bertz CT molecular complexity index is 455. The van der Waals surface area contributed by atoms with Crippen LogP contribution < -0.4 is 11.1 Å². The maximum absolute atomic E-state index is 5.57. The van der Waals surface area contributed by atoms with E-state index in [1.165, 1.54) is 0 Å². The first-order valence-corrected chi connectivity index (χ1v) is 4.54. The summed E-state index contributed by atoms with van der Waals surface area (Å²) in [5, 5.41) is 2.84. The summed E-state index contributed by atoms with van der Waals surface area (Å²) in [7, 11) is 1.74. The molecule has 76 valence electrons. The molecule has 0 radical (unpaired) electrons. The second-order valence-corrected chi connectivity index (χ2v) is 2.96. The van der Waals surface area contributed by atoms with Crippen molar-refractivity contribution in [3.63, 3.8) is 0 Å². The molecular weight excluding hydrogens is 190 g/mol. The van der Waals surface area contributed by atoms with Crippen molar-refractivity contribution in [3.05, 3.63) is 30.3 Å². The lowest BCUT2D eigenvalue weighted by Crippen LogP contribution is -2.04. The zero-order valence-corrected chi connectivity index (χ0v) is 8.31. The molecule has 5 nitrogen and oxygen atoms in total. The summed E-state index contributed by atoms with van der Waals surface area (Å²) in [6.07, 6.45) is 0. The lowest BCUT2D eigenvalue weighted by atomic mass is 10.2. The minimum atomic E-state index is 0.216. The molecule has 0 amide bonds. The lowest BCUT2D eigenvalue weighted by Gasteiger charge is -2.03. The Morgan fingerprint density at radius 3 is 2.47 bits per heavy atom. The quantitative estimate of drug-likeness (QED) is 0.762. The topological polar surface area (TPSA) is 76.7 Å². The first kappa shape index (κ1) is 9.39. The van der Waals surface area contributed by atoms with E-state index in [-0.39, 0.29) is 5.95 Å². The van der Waals surface area contributed by atoms with Crippen LogP contribution in [0.15, 0.2) is 30.3 Å². The van der Waals surface area contributed by atoms with Crippen molar-refractivity contribution in [3.8, 4) is 11.4 Å². The largest absolute Gasteiger partial charge is 0.368 e. The van der Waals surface area contributed by atoms with Crippen LogP contribution in [0.3, 0.4) is 0 Å². The SMILES string of the molecule is CNc1nc(N)nc(-c2ccccc2)n1. The van der Waals surface area contributed by atoms with E-state index in [0.29, 0.717) is 11.8 Å². The molecule has 0 aliphatic rings. The van der Waals surface area contributed by atoms with Gasteiger partial charge in [0.2, 0.25) is 11.9 Å². The molecule has 2 rings (SSSR count). The number of aromatic nitrogens is 3. The normalized spacial score (nSPS) is 9.93. The van der Waals surface area contributed by atoms with Gasteiger partial charge in [-0.2, -0.15) is 15.0 Å². The highest BCUT2D eigenvalue weighted by atomic mass is 15.2. The second-order valence-electron chi connectivity index (χ2n) is 2.96. The Kier molecular flexibility index (Phi) is 2.45. The molecule has 2 aromatic rings. The van der Waals surface area contributed by atoms with Gasteiger partial charge in [-0.3, -0.25) is 0 Å². The predicted molar refractivity (Wildman–Crippen MR) is 59.2 cm³/mol. The first-order valence-electron chi connectivity index (χ1n) is 4.54. The summed E-state index contributed by atoms with van der Waals surface area (Å²) in [5.41, 5.74) is 6.49. The van der Waals surface area contributed by atoms with Crippen molar-refractivity contribution >= 4 is 11.9 Å². The standard InChI is InChI=1S/C10H11N5/c1-12-10-14-8(13-9(11)15-10)7-5-3-2-4-6-7/h2-6H,1H3,(H3,11,12,13,14,15). The van der Waals surface area contributed by atoms with E-state index in [1.807, 2.05) is 30.3 Å². The number of anilines is 2. The van der Waals surface area contributed by atoms with Crippen molar-refractivity contribution in [2.75, 3.05) is 18.1 Å². The molecule has 1 aromatic carbocycles. The van der Waals surface area contributed by atoms with Gasteiger partial charge in [-0.25, -0.2) is 0 Å². The van der Waals surface area contributed by atoms with Crippen molar-refractivity contribution in [2.45, 2.75) is 0 Å². The maximum atomic E-state index is 5.57. The summed E-state index contributed by atoms with van der Waals surface area (Å²) in [5.74, 6) is 1.27. The molecular formula is C10H11N5. The van der Waals surface area contributed by atoms with Gasteiger partial charge in [0.05, 0.1) is 0 Å². The number of hydrogen-bond donors (Lipinski definition) is 2. The Morgan fingerprint density at radius 2 is 1.80 bits per heavy atom. The molecule has 1 heterocycles. The zero-order valence-electron chi connectivity index (χ0n) is 8.31. The maximum Gasteiger partial charge on any atom is 0.227 e. The lowest BCUT2D eigenvalue weighted by molar-refractivity contribution is 1.07. The van der Waals surface area contributed by atoms with Gasteiger partial charge in [-0.05, 0) is 0 Å². The van der Waals surface area contributed by atoms with Crippen molar-refractivity contribution in [2.24, 2.45) is 0 Å². The fourth-order valence-corrected chi connectivity index (χ4v) is 1.22. The zero-order chi connectivity index (χ0) is 10.7. The Hall–Kier alpha value is -2.17. The average Bonchev–Trinajstić information content (AvgIpc) is 2.29. The molecule has 0 saturated heterocycles. The summed E-state index contributed by atoms with van der Waals surface area (Å²) in [6, 6.07) is 9.64. The molecule has 0 bridgehead atoms. The van der Waals surface area contributed by atoms with Crippen molar-refractivity contribution in [1.82, 2.24) is 15.0 Å².